The second kappa shape index (κ2) is 9.52. The van der Waals surface area contributed by atoms with Gasteiger partial charge < -0.3 is 15.1 Å². The molecule has 0 aromatic carbocycles. The second-order valence-electron chi connectivity index (χ2n) is 5.13. The van der Waals surface area contributed by atoms with E-state index in [4.69, 9.17) is 0 Å². The molecule has 3 heterocycles. The molecule has 3 rings (SSSR count). The lowest BCUT2D eigenvalue weighted by Crippen LogP contribution is -2.52. The van der Waals surface area contributed by atoms with Crippen LogP contribution in [0.2, 0.25) is 0 Å². The summed E-state index contributed by atoms with van der Waals surface area (Å²) in [6.07, 6.45) is 3.57. The van der Waals surface area contributed by atoms with Crippen molar-refractivity contribution in [1.29, 1.82) is 0 Å². The molecule has 0 amide bonds. The van der Waals surface area contributed by atoms with Crippen molar-refractivity contribution in [2.75, 3.05) is 38.1 Å². The monoisotopic (exact) mass is 522 g/mol. The Morgan fingerprint density at radius 3 is 2.54 bits per heavy atom. The largest absolute Gasteiger partial charge is 0.351 e. The van der Waals surface area contributed by atoms with Crippen LogP contribution in [0.1, 0.15) is 4.88 Å². The highest BCUT2D eigenvalue weighted by Gasteiger charge is 2.20. The molecule has 0 radical (unpaired) electrons. The van der Waals surface area contributed by atoms with Crippen LogP contribution >= 0.6 is 51.2 Å². The Kier molecular flexibility index (Phi) is 7.69. The smallest absolute Gasteiger partial charge is 0.225 e. The summed E-state index contributed by atoms with van der Waals surface area (Å²) in [7, 11) is 1.83. The third kappa shape index (κ3) is 5.03. The SMILES string of the molecule is CN=C(NCc1ccc(Br)s1)N1CCN(c2ncccn2)CC1.I. The summed E-state index contributed by atoms with van der Waals surface area (Å²) in [5, 5.41) is 3.44. The molecule has 2 aromatic rings. The van der Waals surface area contributed by atoms with E-state index in [0.29, 0.717) is 0 Å². The molecule has 0 spiro atoms. The Morgan fingerprint density at radius 2 is 1.96 bits per heavy atom. The molecule has 2 aromatic heterocycles. The van der Waals surface area contributed by atoms with Gasteiger partial charge in [-0.2, -0.15) is 0 Å². The number of thiophene rings is 1. The summed E-state index contributed by atoms with van der Waals surface area (Å²) < 4.78 is 1.15. The normalized spacial score (nSPS) is 15.2. The Morgan fingerprint density at radius 1 is 1.25 bits per heavy atom. The highest BCUT2D eigenvalue weighted by atomic mass is 127. The summed E-state index contributed by atoms with van der Waals surface area (Å²) in [6, 6.07) is 6.04. The number of hydrogen-bond acceptors (Lipinski definition) is 5. The summed E-state index contributed by atoms with van der Waals surface area (Å²) >= 11 is 5.23. The Labute approximate surface area is 171 Å². The fourth-order valence-corrected chi connectivity index (χ4v) is 3.94. The fraction of sp³-hybridized carbons (Fsp3) is 0.400. The Balaban J connectivity index is 0.00000208. The van der Waals surface area contributed by atoms with Crippen molar-refractivity contribution in [2.24, 2.45) is 4.99 Å². The van der Waals surface area contributed by atoms with E-state index >= 15 is 0 Å². The summed E-state index contributed by atoms with van der Waals surface area (Å²) in [6.45, 7) is 4.41. The van der Waals surface area contributed by atoms with Gasteiger partial charge in [-0.25, -0.2) is 9.97 Å². The summed E-state index contributed by atoms with van der Waals surface area (Å²) in [4.78, 5) is 18.8. The number of aromatic nitrogens is 2. The lowest BCUT2D eigenvalue weighted by Gasteiger charge is -2.36. The van der Waals surface area contributed by atoms with Gasteiger partial charge in [0.2, 0.25) is 5.95 Å². The fourth-order valence-electron chi connectivity index (χ4n) is 2.52. The highest BCUT2D eigenvalue weighted by molar-refractivity contribution is 14.0. The maximum Gasteiger partial charge on any atom is 0.225 e. The number of nitrogens with zero attached hydrogens (tertiary/aromatic N) is 5. The van der Waals surface area contributed by atoms with Gasteiger partial charge in [0, 0.05) is 50.5 Å². The zero-order valence-corrected chi connectivity index (χ0v) is 18.1. The molecule has 9 heteroatoms. The topological polar surface area (TPSA) is 56.7 Å². The molecule has 0 aliphatic carbocycles. The Hall–Kier alpha value is -0.940. The van der Waals surface area contributed by atoms with Crippen LogP contribution in [-0.2, 0) is 6.54 Å². The van der Waals surface area contributed by atoms with Crippen LogP contribution in [0.5, 0.6) is 0 Å². The maximum atomic E-state index is 4.41. The van der Waals surface area contributed by atoms with Gasteiger partial charge in [-0.1, -0.05) is 0 Å². The predicted molar refractivity (Wildman–Crippen MR) is 113 cm³/mol. The molecule has 1 fully saturated rings. The number of guanidine groups is 1. The van der Waals surface area contributed by atoms with E-state index in [0.717, 1.165) is 48.4 Å². The zero-order valence-electron chi connectivity index (χ0n) is 13.4. The first kappa shape index (κ1) is 19.4. The number of hydrogen-bond donors (Lipinski definition) is 1. The Bertz CT molecular complexity index is 657. The van der Waals surface area contributed by atoms with E-state index in [9.17, 15) is 0 Å². The standard InChI is InChI=1S/C15H19BrN6S.HI/c1-17-14(20-11-12-3-4-13(16)23-12)21-7-9-22(10-8-21)15-18-5-2-6-19-15;/h2-6H,7-11H2,1H3,(H,17,20);1H. The first-order valence-corrected chi connectivity index (χ1v) is 9.09. The van der Waals surface area contributed by atoms with Crippen LogP contribution in [0, 0.1) is 0 Å². The average Bonchev–Trinajstić information content (AvgIpc) is 3.02. The number of anilines is 1. The van der Waals surface area contributed by atoms with E-state index in [1.807, 2.05) is 13.1 Å². The van der Waals surface area contributed by atoms with Crippen molar-refractivity contribution in [2.45, 2.75) is 6.54 Å². The van der Waals surface area contributed by atoms with Crippen molar-refractivity contribution in [3.05, 3.63) is 39.3 Å². The van der Waals surface area contributed by atoms with Crippen molar-refractivity contribution in [1.82, 2.24) is 20.2 Å². The minimum absolute atomic E-state index is 0. The molecular formula is C15H20BrIN6S. The molecule has 1 aliphatic rings. The van der Waals surface area contributed by atoms with Crippen molar-refractivity contribution in [3.63, 3.8) is 0 Å². The molecule has 1 aliphatic heterocycles. The van der Waals surface area contributed by atoms with Gasteiger partial charge in [-0.05, 0) is 34.1 Å². The molecule has 0 unspecified atom stereocenters. The van der Waals surface area contributed by atoms with Gasteiger partial charge in [-0.3, -0.25) is 4.99 Å². The molecule has 1 N–H and O–H groups in total. The van der Waals surface area contributed by atoms with E-state index in [2.05, 4.69) is 58.1 Å². The maximum absolute atomic E-state index is 4.41. The first-order valence-electron chi connectivity index (χ1n) is 7.48. The molecular weight excluding hydrogens is 503 g/mol. The number of halogens is 2. The van der Waals surface area contributed by atoms with E-state index in [1.54, 1.807) is 23.7 Å². The molecule has 24 heavy (non-hydrogen) atoms. The zero-order chi connectivity index (χ0) is 16.1. The third-order valence-electron chi connectivity index (χ3n) is 3.68. The number of nitrogens with one attached hydrogen (secondary N) is 1. The number of piperazine rings is 1. The van der Waals surface area contributed by atoms with Gasteiger partial charge >= 0.3 is 0 Å². The van der Waals surface area contributed by atoms with Crippen LogP contribution in [0.15, 0.2) is 39.4 Å². The van der Waals surface area contributed by atoms with Gasteiger partial charge in [0.05, 0.1) is 10.3 Å². The molecule has 1 saturated heterocycles. The van der Waals surface area contributed by atoms with Gasteiger partial charge in [0.25, 0.3) is 0 Å². The minimum Gasteiger partial charge on any atom is -0.351 e. The van der Waals surface area contributed by atoms with Crippen molar-refractivity contribution < 1.29 is 0 Å². The third-order valence-corrected chi connectivity index (χ3v) is 5.30. The highest BCUT2D eigenvalue weighted by Crippen LogP contribution is 2.21. The predicted octanol–water partition coefficient (Wildman–Crippen LogP) is 2.82. The van der Waals surface area contributed by atoms with E-state index in [-0.39, 0.29) is 24.0 Å². The molecule has 0 bridgehead atoms. The van der Waals surface area contributed by atoms with Gasteiger partial charge in [-0.15, -0.1) is 35.3 Å². The van der Waals surface area contributed by atoms with Crippen molar-refractivity contribution in [3.8, 4) is 0 Å². The van der Waals surface area contributed by atoms with E-state index in [1.165, 1.54) is 4.88 Å². The minimum atomic E-state index is 0. The number of aliphatic imine (C=N–C) groups is 1. The number of rotatable bonds is 3. The first-order chi connectivity index (χ1) is 11.3. The quantitative estimate of drug-likeness (QED) is 0.381. The van der Waals surface area contributed by atoms with E-state index < -0.39 is 0 Å². The van der Waals surface area contributed by atoms with Crippen LogP contribution in [-0.4, -0.2) is 54.1 Å². The van der Waals surface area contributed by atoms with Crippen LogP contribution < -0.4 is 10.2 Å². The van der Waals surface area contributed by atoms with Crippen LogP contribution in [0.3, 0.4) is 0 Å². The summed E-state index contributed by atoms with van der Waals surface area (Å²) in [5.41, 5.74) is 0. The van der Waals surface area contributed by atoms with Crippen LogP contribution in [0.25, 0.3) is 0 Å². The van der Waals surface area contributed by atoms with Crippen LogP contribution in [0.4, 0.5) is 5.95 Å². The lowest BCUT2D eigenvalue weighted by molar-refractivity contribution is 0.370. The summed E-state index contributed by atoms with van der Waals surface area (Å²) in [5.74, 6) is 1.75. The average molecular weight is 523 g/mol. The van der Waals surface area contributed by atoms with Gasteiger partial charge in [0.1, 0.15) is 0 Å². The molecule has 6 nitrogen and oxygen atoms in total. The second-order valence-corrected chi connectivity index (χ2v) is 7.68. The molecule has 130 valence electrons. The lowest BCUT2D eigenvalue weighted by atomic mass is 10.3. The molecule has 0 atom stereocenters. The van der Waals surface area contributed by atoms with Crippen molar-refractivity contribution >= 4 is 63.2 Å². The van der Waals surface area contributed by atoms with Gasteiger partial charge in [0.15, 0.2) is 5.96 Å². The molecule has 0 saturated carbocycles.